The van der Waals surface area contributed by atoms with Crippen LogP contribution in [0.15, 0.2) is 152 Å². The van der Waals surface area contributed by atoms with Crippen molar-refractivity contribution >= 4 is 42.3 Å². The number of hydrogen-bond acceptors (Lipinski definition) is 4. The van der Waals surface area contributed by atoms with E-state index in [-0.39, 0.29) is 5.41 Å². The van der Waals surface area contributed by atoms with Crippen LogP contribution in [-0.4, -0.2) is 15.0 Å². The second-order valence-corrected chi connectivity index (χ2v) is 14.8. The van der Waals surface area contributed by atoms with Crippen LogP contribution < -0.4 is 0 Å². The minimum atomic E-state index is -0.115. The van der Waals surface area contributed by atoms with E-state index in [1.165, 1.54) is 53.2 Å². The molecule has 9 aromatic rings. The molecule has 236 valence electrons. The van der Waals surface area contributed by atoms with Crippen molar-refractivity contribution in [2.45, 2.75) is 19.3 Å². The average molecular weight is 658 g/mol. The fourth-order valence-electron chi connectivity index (χ4n) is 7.68. The zero-order valence-corrected chi connectivity index (χ0v) is 28.5. The van der Waals surface area contributed by atoms with Gasteiger partial charge >= 0.3 is 0 Å². The number of fused-ring (bicyclic) bond motifs is 7. The zero-order valence-electron chi connectivity index (χ0n) is 27.7. The largest absolute Gasteiger partial charge is 0.208 e. The zero-order chi connectivity index (χ0) is 33.4. The van der Waals surface area contributed by atoms with Crippen molar-refractivity contribution in [3.63, 3.8) is 0 Å². The minimum Gasteiger partial charge on any atom is -0.208 e. The van der Waals surface area contributed by atoms with Crippen molar-refractivity contribution in [2.75, 3.05) is 0 Å². The predicted octanol–water partition coefficient (Wildman–Crippen LogP) is 12.4. The molecule has 2 heterocycles. The highest BCUT2D eigenvalue weighted by molar-refractivity contribution is 7.25. The van der Waals surface area contributed by atoms with Gasteiger partial charge in [-0.3, -0.25) is 0 Å². The first-order valence-corrected chi connectivity index (χ1v) is 17.8. The van der Waals surface area contributed by atoms with Gasteiger partial charge in [-0.1, -0.05) is 129 Å². The molecule has 0 unspecified atom stereocenters. The lowest BCUT2D eigenvalue weighted by Crippen LogP contribution is -2.15. The van der Waals surface area contributed by atoms with E-state index in [0.717, 1.165) is 27.8 Å². The first kappa shape index (κ1) is 29.0. The molecule has 0 saturated heterocycles. The summed E-state index contributed by atoms with van der Waals surface area (Å²) in [4.78, 5) is 15.3. The summed E-state index contributed by atoms with van der Waals surface area (Å²) in [6, 6.07) is 54.3. The van der Waals surface area contributed by atoms with Crippen molar-refractivity contribution in [3.05, 3.63) is 163 Å². The van der Waals surface area contributed by atoms with Gasteiger partial charge in [-0.15, -0.1) is 11.3 Å². The molecule has 7 aromatic carbocycles. The average Bonchev–Trinajstić information content (AvgIpc) is 3.64. The molecule has 0 bridgehead atoms. The summed E-state index contributed by atoms with van der Waals surface area (Å²) in [7, 11) is 0. The Kier molecular flexibility index (Phi) is 6.39. The van der Waals surface area contributed by atoms with Crippen molar-refractivity contribution < 1.29 is 0 Å². The highest BCUT2D eigenvalue weighted by Crippen LogP contribution is 2.49. The van der Waals surface area contributed by atoms with Crippen LogP contribution in [0.1, 0.15) is 25.0 Å². The Morgan fingerprint density at radius 1 is 0.400 bits per heavy atom. The Labute approximate surface area is 294 Å². The highest BCUT2D eigenvalue weighted by Gasteiger charge is 2.35. The van der Waals surface area contributed by atoms with Gasteiger partial charge in [-0.2, -0.15) is 0 Å². The molecule has 50 heavy (non-hydrogen) atoms. The number of nitrogens with zero attached hydrogens (tertiary/aromatic N) is 3. The fourth-order valence-corrected chi connectivity index (χ4v) is 8.82. The number of rotatable bonds is 4. The molecular weight excluding hydrogens is 627 g/mol. The summed E-state index contributed by atoms with van der Waals surface area (Å²) in [5.41, 5.74) is 10.3. The highest BCUT2D eigenvalue weighted by atomic mass is 32.1. The Bertz CT molecular complexity index is 2790. The van der Waals surface area contributed by atoms with Gasteiger partial charge in [0.05, 0.1) is 0 Å². The number of aromatic nitrogens is 3. The molecule has 0 saturated carbocycles. The Morgan fingerprint density at radius 3 is 1.90 bits per heavy atom. The van der Waals surface area contributed by atoms with Gasteiger partial charge in [0.15, 0.2) is 17.5 Å². The van der Waals surface area contributed by atoms with Gasteiger partial charge in [0.1, 0.15) is 0 Å². The van der Waals surface area contributed by atoms with Crippen molar-refractivity contribution in [1.29, 1.82) is 0 Å². The summed E-state index contributed by atoms with van der Waals surface area (Å²) in [5, 5.41) is 5.12. The molecular formula is C46H31N3S. The monoisotopic (exact) mass is 657 g/mol. The maximum atomic E-state index is 5.14. The lowest BCUT2D eigenvalue weighted by molar-refractivity contribution is 0.660. The topological polar surface area (TPSA) is 38.7 Å². The van der Waals surface area contributed by atoms with Crippen LogP contribution in [0.25, 0.3) is 87.4 Å². The van der Waals surface area contributed by atoms with Gasteiger partial charge in [0.2, 0.25) is 0 Å². The third kappa shape index (κ3) is 4.60. The van der Waals surface area contributed by atoms with E-state index in [2.05, 4.69) is 147 Å². The molecule has 1 aliphatic carbocycles. The molecule has 0 amide bonds. The summed E-state index contributed by atoms with van der Waals surface area (Å²) < 4.78 is 2.65. The molecule has 2 aromatic heterocycles. The van der Waals surface area contributed by atoms with E-state index in [1.54, 1.807) is 0 Å². The standard InChI is InChI=1S/C46H31N3S/c1-46(2)39-17-8-6-15-35(39)36-22-21-33(26-40(36)46)45-48-43(28-11-4-3-5-12-28)47-44(49-45)32-14-10-13-29(23-32)30-19-20-31-27-42-38(25-34(31)24-30)37-16-7-9-18-41(37)50-42/h3-27H,1-2H3. The first-order chi connectivity index (χ1) is 24.5. The van der Waals surface area contributed by atoms with E-state index in [4.69, 9.17) is 15.0 Å². The van der Waals surface area contributed by atoms with Gasteiger partial charge in [0, 0.05) is 42.3 Å². The number of hydrogen-bond donors (Lipinski definition) is 0. The molecule has 4 heteroatoms. The van der Waals surface area contributed by atoms with Crippen LogP contribution in [0, 0.1) is 0 Å². The van der Waals surface area contributed by atoms with Gasteiger partial charge < -0.3 is 0 Å². The molecule has 0 N–H and O–H groups in total. The van der Waals surface area contributed by atoms with E-state index in [9.17, 15) is 0 Å². The summed E-state index contributed by atoms with van der Waals surface area (Å²) in [6.45, 7) is 4.61. The Morgan fingerprint density at radius 2 is 1.04 bits per heavy atom. The Balaban J connectivity index is 1.09. The third-order valence-electron chi connectivity index (χ3n) is 10.3. The number of benzene rings is 7. The van der Waals surface area contributed by atoms with Crippen molar-refractivity contribution in [1.82, 2.24) is 15.0 Å². The second kappa shape index (κ2) is 11.0. The molecule has 0 fully saturated rings. The smallest absolute Gasteiger partial charge is 0.164 e. The maximum absolute atomic E-state index is 5.14. The molecule has 10 rings (SSSR count). The predicted molar refractivity (Wildman–Crippen MR) is 210 cm³/mol. The Hall–Kier alpha value is -5.97. The van der Waals surface area contributed by atoms with E-state index in [1.807, 2.05) is 29.5 Å². The molecule has 1 aliphatic rings. The van der Waals surface area contributed by atoms with Crippen LogP contribution in [0.5, 0.6) is 0 Å². The summed E-state index contributed by atoms with van der Waals surface area (Å²) in [5.74, 6) is 1.99. The van der Waals surface area contributed by atoms with E-state index >= 15 is 0 Å². The molecule has 0 radical (unpaired) electrons. The van der Waals surface area contributed by atoms with Crippen LogP contribution >= 0.6 is 11.3 Å². The maximum Gasteiger partial charge on any atom is 0.164 e. The normalized spacial score (nSPS) is 13.2. The van der Waals surface area contributed by atoms with E-state index < -0.39 is 0 Å². The van der Waals surface area contributed by atoms with Gasteiger partial charge in [-0.25, -0.2) is 15.0 Å². The van der Waals surface area contributed by atoms with Crippen LogP contribution in [0.2, 0.25) is 0 Å². The first-order valence-electron chi connectivity index (χ1n) is 17.0. The lowest BCUT2D eigenvalue weighted by Gasteiger charge is -2.21. The second-order valence-electron chi connectivity index (χ2n) is 13.7. The molecule has 0 atom stereocenters. The summed E-state index contributed by atoms with van der Waals surface area (Å²) >= 11 is 1.86. The number of thiophene rings is 1. The van der Waals surface area contributed by atoms with Crippen molar-refractivity contribution in [3.8, 4) is 56.4 Å². The van der Waals surface area contributed by atoms with Crippen LogP contribution in [0.4, 0.5) is 0 Å². The quantitative estimate of drug-likeness (QED) is 0.189. The molecule has 0 spiro atoms. The van der Waals surface area contributed by atoms with E-state index in [0.29, 0.717) is 17.5 Å². The van der Waals surface area contributed by atoms with Crippen LogP contribution in [-0.2, 0) is 5.41 Å². The van der Waals surface area contributed by atoms with Gasteiger partial charge in [-0.05, 0) is 80.6 Å². The third-order valence-corrected chi connectivity index (χ3v) is 11.4. The van der Waals surface area contributed by atoms with Gasteiger partial charge in [0.25, 0.3) is 0 Å². The molecule has 0 aliphatic heterocycles. The summed E-state index contributed by atoms with van der Waals surface area (Å²) in [6.07, 6.45) is 0. The lowest BCUT2D eigenvalue weighted by atomic mass is 9.82. The van der Waals surface area contributed by atoms with Crippen molar-refractivity contribution in [2.24, 2.45) is 0 Å². The fraction of sp³-hybridized carbons (Fsp3) is 0.0652. The SMILES string of the molecule is CC1(C)c2ccccc2-c2ccc(-c3nc(-c4ccccc4)nc(-c4cccc(-c5ccc6cc7sc8ccccc8c7cc6c5)c4)n3)cc21. The minimum absolute atomic E-state index is 0.115. The van der Waals surface area contributed by atoms with Crippen LogP contribution in [0.3, 0.4) is 0 Å². The molecule has 3 nitrogen and oxygen atoms in total.